The number of rotatable bonds is 3. The predicted octanol–water partition coefficient (Wildman–Crippen LogP) is 1.26. The van der Waals surface area contributed by atoms with Gasteiger partial charge >= 0.3 is 5.97 Å². The van der Waals surface area contributed by atoms with Gasteiger partial charge < -0.3 is 10.2 Å². The minimum Gasteiger partial charge on any atom is -0.504 e. The highest BCUT2D eigenvalue weighted by Crippen LogP contribution is 2.18. The lowest BCUT2D eigenvalue weighted by Crippen LogP contribution is -2.06. The second kappa shape index (κ2) is 3.47. The number of carbonyl (C=O) groups is 1. The third-order valence-corrected chi connectivity index (χ3v) is 1.96. The van der Waals surface area contributed by atoms with Gasteiger partial charge in [0.25, 0.3) is 0 Å². The van der Waals surface area contributed by atoms with E-state index < -0.39 is 5.97 Å². The molecule has 1 aromatic heterocycles. The van der Waals surface area contributed by atoms with Gasteiger partial charge in [0.1, 0.15) is 0 Å². The smallest absolute Gasteiger partial charge is 0.360 e. The van der Waals surface area contributed by atoms with Crippen LogP contribution in [-0.2, 0) is 0 Å². The molecule has 0 fully saturated rings. The Bertz CT molecular complexity index is 319. The van der Waals surface area contributed by atoms with E-state index in [0.717, 1.165) is 6.42 Å². The van der Waals surface area contributed by atoms with E-state index in [4.69, 9.17) is 5.11 Å². The van der Waals surface area contributed by atoms with Crippen LogP contribution in [0.1, 0.15) is 36.8 Å². The van der Waals surface area contributed by atoms with Crippen molar-refractivity contribution in [2.45, 2.75) is 26.3 Å². The molecule has 2 N–H and O–H groups in total. The molecule has 0 saturated carbocycles. The topological polar surface area (TPSA) is 75.4 Å². The van der Waals surface area contributed by atoms with Crippen molar-refractivity contribution in [3.8, 4) is 5.75 Å². The predicted molar refractivity (Wildman–Crippen MR) is 45.9 cm³/mol. The molecule has 1 unspecified atom stereocenters. The van der Waals surface area contributed by atoms with E-state index in [0.29, 0.717) is 0 Å². The van der Waals surface area contributed by atoms with Crippen LogP contribution in [0, 0.1) is 0 Å². The number of aromatic carboxylic acids is 1. The van der Waals surface area contributed by atoms with Gasteiger partial charge in [0.15, 0.2) is 5.75 Å². The molecule has 1 heterocycles. The molecule has 0 aliphatic rings. The Balaban J connectivity index is 3.01. The molecule has 0 spiro atoms. The molecule has 5 nitrogen and oxygen atoms in total. The molecule has 0 saturated heterocycles. The first-order valence-electron chi connectivity index (χ1n) is 4.07. The summed E-state index contributed by atoms with van der Waals surface area (Å²) in [4.78, 5) is 10.5. The zero-order valence-electron chi connectivity index (χ0n) is 7.56. The summed E-state index contributed by atoms with van der Waals surface area (Å²) in [5.74, 6) is -1.49. The summed E-state index contributed by atoms with van der Waals surface area (Å²) in [6, 6.07) is 0.0963. The number of aromatic hydroxyl groups is 1. The molecule has 0 radical (unpaired) electrons. The fraction of sp³-hybridized carbons (Fsp3) is 0.500. The van der Waals surface area contributed by atoms with Gasteiger partial charge in [-0.05, 0) is 13.3 Å². The van der Waals surface area contributed by atoms with Crippen LogP contribution >= 0.6 is 0 Å². The minimum absolute atomic E-state index is 0.0963. The van der Waals surface area contributed by atoms with Gasteiger partial charge in [-0.2, -0.15) is 5.10 Å². The molecule has 0 aliphatic carbocycles. The van der Waals surface area contributed by atoms with Crippen molar-refractivity contribution in [1.82, 2.24) is 9.78 Å². The van der Waals surface area contributed by atoms with Crippen molar-refractivity contribution in [2.75, 3.05) is 0 Å². The Kier molecular flexibility index (Phi) is 2.55. The Labute approximate surface area is 75.6 Å². The third kappa shape index (κ3) is 1.80. The van der Waals surface area contributed by atoms with Gasteiger partial charge in [0, 0.05) is 6.04 Å². The van der Waals surface area contributed by atoms with Gasteiger partial charge in [0.2, 0.25) is 5.69 Å². The standard InChI is InChI=1S/C8H12N2O3/c1-3-5(2)10-4-6(11)7(9-10)8(12)13/h4-5,11H,3H2,1-2H3,(H,12,13). The van der Waals surface area contributed by atoms with Crippen molar-refractivity contribution in [3.05, 3.63) is 11.9 Å². The number of carboxylic acids is 1. The van der Waals surface area contributed by atoms with Crippen LogP contribution in [-0.4, -0.2) is 26.0 Å². The molecule has 1 atom stereocenters. The summed E-state index contributed by atoms with van der Waals surface area (Å²) in [5, 5.41) is 21.5. The zero-order chi connectivity index (χ0) is 10.0. The summed E-state index contributed by atoms with van der Waals surface area (Å²) in [6.07, 6.45) is 2.16. The van der Waals surface area contributed by atoms with Gasteiger partial charge in [0.05, 0.1) is 6.20 Å². The fourth-order valence-electron chi connectivity index (χ4n) is 0.947. The molecule has 0 aromatic carbocycles. The molecule has 13 heavy (non-hydrogen) atoms. The second-order valence-electron chi connectivity index (χ2n) is 2.91. The SMILES string of the molecule is CCC(C)n1cc(O)c(C(=O)O)n1. The first-order valence-corrected chi connectivity index (χ1v) is 4.07. The highest BCUT2D eigenvalue weighted by Gasteiger charge is 2.16. The number of nitrogens with zero attached hydrogens (tertiary/aromatic N) is 2. The van der Waals surface area contributed by atoms with E-state index in [9.17, 15) is 9.90 Å². The summed E-state index contributed by atoms with van der Waals surface area (Å²) >= 11 is 0. The first-order chi connectivity index (χ1) is 6.06. The average Bonchev–Trinajstić information content (AvgIpc) is 2.46. The van der Waals surface area contributed by atoms with Gasteiger partial charge in [-0.1, -0.05) is 6.92 Å². The average molecular weight is 184 g/mol. The van der Waals surface area contributed by atoms with Crippen molar-refractivity contribution in [2.24, 2.45) is 0 Å². The Hall–Kier alpha value is -1.52. The summed E-state index contributed by atoms with van der Waals surface area (Å²) in [7, 11) is 0. The molecule has 1 rings (SSSR count). The van der Waals surface area contributed by atoms with E-state index in [1.165, 1.54) is 10.9 Å². The van der Waals surface area contributed by atoms with E-state index in [1.807, 2.05) is 13.8 Å². The molecular formula is C8H12N2O3. The maximum atomic E-state index is 10.5. The van der Waals surface area contributed by atoms with Crippen LogP contribution in [0.3, 0.4) is 0 Å². The van der Waals surface area contributed by atoms with E-state index in [-0.39, 0.29) is 17.5 Å². The van der Waals surface area contributed by atoms with E-state index in [1.54, 1.807) is 0 Å². The lowest BCUT2D eigenvalue weighted by molar-refractivity contribution is 0.0686. The molecule has 0 aliphatic heterocycles. The van der Waals surface area contributed by atoms with Crippen LogP contribution in [0.25, 0.3) is 0 Å². The molecule has 72 valence electrons. The van der Waals surface area contributed by atoms with Crippen molar-refractivity contribution >= 4 is 5.97 Å². The van der Waals surface area contributed by atoms with Crippen LogP contribution in [0.4, 0.5) is 0 Å². The van der Waals surface area contributed by atoms with Gasteiger partial charge in [-0.25, -0.2) is 4.79 Å². The Morgan fingerprint density at radius 2 is 2.38 bits per heavy atom. The Morgan fingerprint density at radius 1 is 1.77 bits per heavy atom. The molecular weight excluding hydrogens is 172 g/mol. The molecule has 0 amide bonds. The van der Waals surface area contributed by atoms with Crippen LogP contribution in [0.15, 0.2) is 6.20 Å². The largest absolute Gasteiger partial charge is 0.504 e. The lowest BCUT2D eigenvalue weighted by Gasteiger charge is -2.07. The second-order valence-corrected chi connectivity index (χ2v) is 2.91. The molecule has 1 aromatic rings. The van der Waals surface area contributed by atoms with Crippen molar-refractivity contribution < 1.29 is 15.0 Å². The quantitative estimate of drug-likeness (QED) is 0.741. The third-order valence-electron chi connectivity index (χ3n) is 1.96. The zero-order valence-corrected chi connectivity index (χ0v) is 7.56. The summed E-state index contributed by atoms with van der Waals surface area (Å²) in [6.45, 7) is 3.86. The minimum atomic E-state index is -1.21. The number of aromatic nitrogens is 2. The monoisotopic (exact) mass is 184 g/mol. The Morgan fingerprint density at radius 3 is 2.77 bits per heavy atom. The maximum absolute atomic E-state index is 10.5. The van der Waals surface area contributed by atoms with Gasteiger partial charge in [-0.3, -0.25) is 4.68 Å². The molecule has 0 bridgehead atoms. The van der Waals surface area contributed by atoms with Gasteiger partial charge in [-0.15, -0.1) is 0 Å². The van der Waals surface area contributed by atoms with Crippen LogP contribution in [0.5, 0.6) is 5.75 Å². The van der Waals surface area contributed by atoms with Crippen molar-refractivity contribution in [3.63, 3.8) is 0 Å². The normalized spacial score (nSPS) is 12.8. The van der Waals surface area contributed by atoms with E-state index in [2.05, 4.69) is 5.10 Å². The molecule has 5 heteroatoms. The van der Waals surface area contributed by atoms with Crippen LogP contribution in [0.2, 0.25) is 0 Å². The highest BCUT2D eigenvalue weighted by atomic mass is 16.4. The number of hydrogen-bond donors (Lipinski definition) is 2. The summed E-state index contributed by atoms with van der Waals surface area (Å²) in [5.41, 5.74) is -0.291. The van der Waals surface area contributed by atoms with Crippen molar-refractivity contribution in [1.29, 1.82) is 0 Å². The van der Waals surface area contributed by atoms with Crippen LogP contribution < -0.4 is 0 Å². The number of hydrogen-bond acceptors (Lipinski definition) is 3. The fourth-order valence-corrected chi connectivity index (χ4v) is 0.947. The van der Waals surface area contributed by atoms with E-state index >= 15 is 0 Å². The first kappa shape index (κ1) is 9.57. The highest BCUT2D eigenvalue weighted by molar-refractivity contribution is 5.88. The lowest BCUT2D eigenvalue weighted by atomic mass is 10.3. The number of carboxylic acid groups (broad SMARTS) is 1. The maximum Gasteiger partial charge on any atom is 0.360 e. The summed E-state index contributed by atoms with van der Waals surface area (Å²) < 4.78 is 1.46.